The molecular formula is C23H16Cl2N2O2S. The number of amides is 2. The Morgan fingerprint density at radius 1 is 0.867 bits per heavy atom. The number of benzene rings is 3. The number of rotatable bonds is 5. The Morgan fingerprint density at radius 2 is 1.57 bits per heavy atom. The molecule has 0 saturated heterocycles. The van der Waals surface area contributed by atoms with Crippen molar-refractivity contribution < 1.29 is 9.59 Å². The number of hydrogen-bond donors (Lipinski definition) is 1. The maximum atomic E-state index is 13.3. The Bertz CT molecular complexity index is 1160. The quantitative estimate of drug-likeness (QED) is 0.460. The van der Waals surface area contributed by atoms with Gasteiger partial charge in [-0.15, -0.1) is 0 Å². The van der Waals surface area contributed by atoms with Gasteiger partial charge in [0.05, 0.1) is 5.69 Å². The molecule has 0 aliphatic carbocycles. The number of nitrogens with zero attached hydrogens (tertiary/aromatic N) is 1. The largest absolute Gasteiger partial charge is 0.350 e. The van der Waals surface area contributed by atoms with Crippen LogP contribution in [0.1, 0.15) is 5.56 Å². The highest BCUT2D eigenvalue weighted by Crippen LogP contribution is 2.38. The number of carbonyl (C=O) groups is 2. The Hall–Kier alpha value is -2.73. The maximum Gasteiger partial charge on any atom is 0.283 e. The van der Waals surface area contributed by atoms with Crippen LogP contribution in [0, 0.1) is 6.92 Å². The summed E-state index contributed by atoms with van der Waals surface area (Å²) in [6, 6.07) is 21.5. The fraction of sp³-hybridized carbons (Fsp3) is 0.0435. The van der Waals surface area contributed by atoms with Gasteiger partial charge in [0.1, 0.15) is 10.6 Å². The van der Waals surface area contributed by atoms with Gasteiger partial charge < -0.3 is 5.32 Å². The van der Waals surface area contributed by atoms with Crippen molar-refractivity contribution >= 4 is 58.2 Å². The van der Waals surface area contributed by atoms with E-state index in [1.807, 2.05) is 49.4 Å². The third-order valence-electron chi connectivity index (χ3n) is 4.53. The van der Waals surface area contributed by atoms with Crippen molar-refractivity contribution in [1.82, 2.24) is 0 Å². The first-order valence-corrected chi connectivity index (χ1v) is 10.7. The summed E-state index contributed by atoms with van der Waals surface area (Å²) in [7, 11) is 0. The van der Waals surface area contributed by atoms with E-state index in [9.17, 15) is 9.59 Å². The Morgan fingerprint density at radius 3 is 2.23 bits per heavy atom. The second-order valence-corrected chi connectivity index (χ2v) is 8.56. The molecule has 3 aromatic rings. The zero-order chi connectivity index (χ0) is 21.3. The Balaban J connectivity index is 1.75. The van der Waals surface area contributed by atoms with Gasteiger partial charge in [0.2, 0.25) is 0 Å². The first kappa shape index (κ1) is 20.5. The third-order valence-corrected chi connectivity index (χ3v) is 6.28. The molecule has 0 aromatic heterocycles. The minimum absolute atomic E-state index is 0.225. The molecule has 0 saturated carbocycles. The van der Waals surface area contributed by atoms with E-state index in [0.717, 1.165) is 15.4 Å². The second-order valence-electron chi connectivity index (χ2n) is 6.63. The van der Waals surface area contributed by atoms with Crippen LogP contribution in [0.4, 0.5) is 11.4 Å². The van der Waals surface area contributed by atoms with Gasteiger partial charge in [-0.05, 0) is 61.0 Å². The van der Waals surface area contributed by atoms with Crippen molar-refractivity contribution in [1.29, 1.82) is 0 Å². The Labute approximate surface area is 188 Å². The van der Waals surface area contributed by atoms with Crippen molar-refractivity contribution in [2.75, 3.05) is 10.2 Å². The van der Waals surface area contributed by atoms with Crippen molar-refractivity contribution in [2.24, 2.45) is 0 Å². The van der Waals surface area contributed by atoms with E-state index in [0.29, 0.717) is 26.3 Å². The van der Waals surface area contributed by atoms with Gasteiger partial charge in [0.25, 0.3) is 11.8 Å². The zero-order valence-electron chi connectivity index (χ0n) is 15.9. The van der Waals surface area contributed by atoms with E-state index in [1.54, 1.807) is 30.3 Å². The van der Waals surface area contributed by atoms with Gasteiger partial charge in [-0.2, -0.15) is 0 Å². The van der Waals surface area contributed by atoms with Gasteiger partial charge in [0, 0.05) is 20.6 Å². The fourth-order valence-electron chi connectivity index (χ4n) is 2.96. The highest BCUT2D eigenvalue weighted by atomic mass is 35.5. The molecule has 1 aliphatic rings. The van der Waals surface area contributed by atoms with E-state index in [-0.39, 0.29) is 5.70 Å². The zero-order valence-corrected chi connectivity index (χ0v) is 18.2. The molecule has 0 unspecified atom stereocenters. The molecule has 150 valence electrons. The number of nitrogens with one attached hydrogen (secondary N) is 1. The van der Waals surface area contributed by atoms with Crippen LogP contribution in [-0.4, -0.2) is 11.8 Å². The second kappa shape index (κ2) is 8.56. The van der Waals surface area contributed by atoms with E-state index in [1.165, 1.54) is 11.8 Å². The lowest BCUT2D eigenvalue weighted by molar-refractivity contribution is -0.120. The van der Waals surface area contributed by atoms with Crippen molar-refractivity contribution in [2.45, 2.75) is 11.8 Å². The molecule has 7 heteroatoms. The normalized spacial score (nSPS) is 13.9. The average Bonchev–Trinajstić information content (AvgIpc) is 2.96. The summed E-state index contributed by atoms with van der Waals surface area (Å²) in [6.45, 7) is 1.86. The van der Waals surface area contributed by atoms with Crippen LogP contribution >= 0.6 is 35.0 Å². The molecule has 3 aromatic carbocycles. The van der Waals surface area contributed by atoms with E-state index in [4.69, 9.17) is 23.2 Å². The molecule has 0 bridgehead atoms. The Kier molecular flexibility index (Phi) is 5.86. The summed E-state index contributed by atoms with van der Waals surface area (Å²) in [5, 5.41) is 4.20. The van der Waals surface area contributed by atoms with Crippen molar-refractivity contribution in [3.63, 3.8) is 0 Å². The number of anilines is 2. The van der Waals surface area contributed by atoms with Crippen LogP contribution in [0.5, 0.6) is 0 Å². The summed E-state index contributed by atoms with van der Waals surface area (Å²) in [6.07, 6.45) is 0. The van der Waals surface area contributed by atoms with Crippen LogP contribution in [0.25, 0.3) is 0 Å². The first-order valence-electron chi connectivity index (χ1n) is 9.09. The average molecular weight is 455 g/mol. The van der Waals surface area contributed by atoms with Crippen molar-refractivity contribution in [3.05, 3.63) is 99.0 Å². The molecule has 0 atom stereocenters. The van der Waals surface area contributed by atoms with Crippen LogP contribution in [0.3, 0.4) is 0 Å². The molecule has 4 nitrogen and oxygen atoms in total. The molecule has 2 amide bonds. The first-order chi connectivity index (χ1) is 14.4. The van der Waals surface area contributed by atoms with Crippen LogP contribution in [0.15, 0.2) is 88.3 Å². The highest BCUT2D eigenvalue weighted by Gasteiger charge is 2.40. The van der Waals surface area contributed by atoms with Gasteiger partial charge >= 0.3 is 0 Å². The molecule has 4 rings (SSSR count). The van der Waals surface area contributed by atoms with E-state index in [2.05, 4.69) is 5.32 Å². The smallest absolute Gasteiger partial charge is 0.283 e. The van der Waals surface area contributed by atoms with Crippen LogP contribution in [-0.2, 0) is 9.59 Å². The SMILES string of the molecule is Cc1ccc(N2C(=O)C(Nc3ccccc3)=C(Sc3ccc(Cl)cc3)C2=O)cc1Cl. The number of thioether (sulfide) groups is 1. The number of hydrogen-bond acceptors (Lipinski definition) is 4. The molecule has 0 radical (unpaired) electrons. The molecule has 0 spiro atoms. The van der Waals surface area contributed by atoms with Gasteiger partial charge in [-0.25, -0.2) is 4.90 Å². The van der Waals surface area contributed by atoms with E-state index >= 15 is 0 Å². The topological polar surface area (TPSA) is 49.4 Å². The summed E-state index contributed by atoms with van der Waals surface area (Å²) >= 11 is 13.4. The number of para-hydroxylation sites is 1. The van der Waals surface area contributed by atoms with Gasteiger partial charge in [-0.1, -0.05) is 59.2 Å². The number of imide groups is 1. The number of halogens is 2. The predicted molar refractivity (Wildman–Crippen MR) is 123 cm³/mol. The standard InChI is InChI=1S/C23H16Cl2N2O2S/c1-14-7-10-17(13-19(14)25)27-22(28)20(26-16-5-3-2-4-6-16)21(23(27)29)30-18-11-8-15(24)9-12-18/h2-13,26H,1H3. The number of aryl methyl sites for hydroxylation is 1. The lowest BCUT2D eigenvalue weighted by Crippen LogP contribution is -2.32. The molecule has 1 N–H and O–H groups in total. The fourth-order valence-corrected chi connectivity index (χ4v) is 4.18. The predicted octanol–water partition coefficient (Wildman–Crippen LogP) is 6.29. The summed E-state index contributed by atoms with van der Waals surface area (Å²) < 4.78 is 0. The lowest BCUT2D eigenvalue weighted by Gasteiger charge is -2.16. The summed E-state index contributed by atoms with van der Waals surface area (Å²) in [5.74, 6) is -0.835. The van der Waals surface area contributed by atoms with Crippen molar-refractivity contribution in [3.8, 4) is 0 Å². The number of carbonyl (C=O) groups excluding carboxylic acids is 2. The minimum Gasteiger partial charge on any atom is -0.350 e. The molecule has 30 heavy (non-hydrogen) atoms. The lowest BCUT2D eigenvalue weighted by atomic mass is 10.2. The minimum atomic E-state index is -0.430. The molecule has 1 aliphatic heterocycles. The molecule has 1 heterocycles. The highest BCUT2D eigenvalue weighted by molar-refractivity contribution is 8.04. The summed E-state index contributed by atoms with van der Waals surface area (Å²) in [5.41, 5.74) is 2.24. The summed E-state index contributed by atoms with van der Waals surface area (Å²) in [4.78, 5) is 28.8. The van der Waals surface area contributed by atoms with Gasteiger partial charge in [0.15, 0.2) is 0 Å². The van der Waals surface area contributed by atoms with Gasteiger partial charge in [-0.3, -0.25) is 9.59 Å². The van der Waals surface area contributed by atoms with Crippen LogP contribution in [0.2, 0.25) is 10.0 Å². The molecular weight excluding hydrogens is 439 g/mol. The maximum absolute atomic E-state index is 13.3. The molecule has 0 fully saturated rings. The third kappa shape index (κ3) is 4.10. The van der Waals surface area contributed by atoms with Crippen LogP contribution < -0.4 is 10.2 Å². The monoisotopic (exact) mass is 454 g/mol. The van der Waals surface area contributed by atoms with E-state index < -0.39 is 11.8 Å².